The molecule has 7 heteroatoms. The van der Waals surface area contributed by atoms with Gasteiger partial charge in [0.25, 0.3) is 0 Å². The summed E-state index contributed by atoms with van der Waals surface area (Å²) in [5.74, 6) is -0.506. The summed E-state index contributed by atoms with van der Waals surface area (Å²) in [6.07, 6.45) is 0. The van der Waals surface area contributed by atoms with E-state index in [1.54, 1.807) is 18.0 Å². The van der Waals surface area contributed by atoms with Crippen LogP contribution >= 0.6 is 23.2 Å². The molecule has 144 valence electrons. The molecule has 0 atom stereocenters. The van der Waals surface area contributed by atoms with E-state index in [2.05, 4.69) is 10.6 Å². The van der Waals surface area contributed by atoms with Gasteiger partial charge < -0.3 is 10.6 Å². The number of aryl methyl sites for hydroxylation is 2. The molecule has 2 amide bonds. The SMILES string of the molecule is Cc1cccc(C)c1NC(=O)CNC(=O)CN(C)Cc1cccc(Cl)c1Cl. The van der Waals surface area contributed by atoms with Crippen LogP contribution in [0.15, 0.2) is 36.4 Å². The van der Waals surface area contributed by atoms with Crippen molar-refractivity contribution in [1.82, 2.24) is 10.2 Å². The van der Waals surface area contributed by atoms with Gasteiger partial charge in [-0.3, -0.25) is 14.5 Å². The van der Waals surface area contributed by atoms with Crippen molar-refractivity contribution >= 4 is 40.7 Å². The Bertz CT molecular complexity index is 820. The number of likely N-dealkylation sites (N-methyl/N-ethyl adjacent to an activating group) is 1. The predicted octanol–water partition coefficient (Wildman–Crippen LogP) is 3.80. The largest absolute Gasteiger partial charge is 0.346 e. The Labute approximate surface area is 169 Å². The highest BCUT2D eigenvalue weighted by atomic mass is 35.5. The quantitative estimate of drug-likeness (QED) is 0.733. The van der Waals surface area contributed by atoms with Gasteiger partial charge in [-0.1, -0.05) is 53.5 Å². The second kappa shape index (κ2) is 9.74. The summed E-state index contributed by atoms with van der Waals surface area (Å²) < 4.78 is 0. The first kappa shape index (κ1) is 21.2. The normalized spacial score (nSPS) is 10.7. The number of nitrogens with zero attached hydrogens (tertiary/aromatic N) is 1. The highest BCUT2D eigenvalue weighted by molar-refractivity contribution is 6.42. The topological polar surface area (TPSA) is 61.4 Å². The van der Waals surface area contributed by atoms with E-state index in [-0.39, 0.29) is 24.9 Å². The molecule has 5 nitrogen and oxygen atoms in total. The van der Waals surface area contributed by atoms with Crippen LogP contribution in [0.1, 0.15) is 16.7 Å². The fraction of sp³-hybridized carbons (Fsp3) is 0.300. The predicted molar refractivity (Wildman–Crippen MR) is 110 cm³/mol. The van der Waals surface area contributed by atoms with Gasteiger partial charge in [0, 0.05) is 12.2 Å². The van der Waals surface area contributed by atoms with Crippen LogP contribution in [-0.4, -0.2) is 36.9 Å². The molecule has 2 N–H and O–H groups in total. The second-order valence-corrected chi connectivity index (χ2v) is 7.26. The lowest BCUT2D eigenvalue weighted by atomic mass is 10.1. The van der Waals surface area contributed by atoms with E-state index in [1.807, 2.05) is 44.2 Å². The first-order chi connectivity index (χ1) is 12.8. The van der Waals surface area contributed by atoms with Crippen LogP contribution in [0.5, 0.6) is 0 Å². The molecule has 0 unspecified atom stereocenters. The van der Waals surface area contributed by atoms with E-state index in [0.29, 0.717) is 16.6 Å². The third-order valence-corrected chi connectivity index (χ3v) is 4.94. The van der Waals surface area contributed by atoms with E-state index in [4.69, 9.17) is 23.2 Å². The van der Waals surface area contributed by atoms with E-state index in [0.717, 1.165) is 22.4 Å². The molecule has 0 aliphatic carbocycles. The Hall–Kier alpha value is -2.08. The number of rotatable bonds is 7. The number of hydrogen-bond acceptors (Lipinski definition) is 3. The van der Waals surface area contributed by atoms with E-state index >= 15 is 0 Å². The Morgan fingerprint density at radius 1 is 1.00 bits per heavy atom. The van der Waals surface area contributed by atoms with Crippen molar-refractivity contribution in [3.63, 3.8) is 0 Å². The molecule has 0 heterocycles. The minimum atomic E-state index is -0.263. The number of benzene rings is 2. The average Bonchev–Trinajstić information content (AvgIpc) is 2.60. The van der Waals surface area contributed by atoms with Crippen LogP contribution in [0, 0.1) is 13.8 Å². The van der Waals surface area contributed by atoms with E-state index in [9.17, 15) is 9.59 Å². The Kier molecular flexibility index (Phi) is 7.66. The van der Waals surface area contributed by atoms with Gasteiger partial charge in [0.1, 0.15) is 0 Å². The minimum absolute atomic E-state index is 0.0850. The summed E-state index contributed by atoms with van der Waals surface area (Å²) in [4.78, 5) is 26.0. The Morgan fingerprint density at radius 3 is 2.30 bits per heavy atom. The molecule has 0 spiro atoms. The van der Waals surface area contributed by atoms with Crippen LogP contribution in [0.2, 0.25) is 10.0 Å². The zero-order valence-electron chi connectivity index (χ0n) is 15.6. The van der Waals surface area contributed by atoms with Gasteiger partial charge in [0.05, 0.1) is 23.1 Å². The molecular weight excluding hydrogens is 385 g/mol. The summed E-state index contributed by atoms with van der Waals surface area (Å²) in [7, 11) is 1.80. The molecule has 2 aromatic rings. The zero-order valence-corrected chi connectivity index (χ0v) is 17.1. The van der Waals surface area contributed by atoms with Gasteiger partial charge >= 0.3 is 0 Å². The van der Waals surface area contributed by atoms with Crippen molar-refractivity contribution in [3.05, 3.63) is 63.1 Å². The lowest BCUT2D eigenvalue weighted by Gasteiger charge is -2.17. The van der Waals surface area contributed by atoms with Gasteiger partial charge in [0.2, 0.25) is 11.8 Å². The number of carbonyl (C=O) groups excluding carboxylic acids is 2. The van der Waals surface area contributed by atoms with Gasteiger partial charge in [0.15, 0.2) is 0 Å². The second-order valence-electron chi connectivity index (χ2n) is 6.48. The van der Waals surface area contributed by atoms with Gasteiger partial charge in [-0.25, -0.2) is 0 Å². The van der Waals surface area contributed by atoms with Gasteiger partial charge in [-0.15, -0.1) is 0 Å². The maximum absolute atomic E-state index is 12.1. The summed E-state index contributed by atoms with van der Waals surface area (Å²) in [5, 5.41) is 6.44. The van der Waals surface area contributed by atoms with Crippen molar-refractivity contribution in [3.8, 4) is 0 Å². The van der Waals surface area contributed by atoms with E-state index < -0.39 is 0 Å². The smallest absolute Gasteiger partial charge is 0.243 e. The number of para-hydroxylation sites is 1. The number of nitrogens with one attached hydrogen (secondary N) is 2. The molecule has 2 rings (SSSR count). The van der Waals surface area contributed by atoms with Crippen molar-refractivity contribution in [2.24, 2.45) is 0 Å². The Balaban J connectivity index is 1.81. The first-order valence-electron chi connectivity index (χ1n) is 8.52. The molecule has 0 aliphatic heterocycles. The number of hydrogen-bond donors (Lipinski definition) is 2. The highest BCUT2D eigenvalue weighted by Gasteiger charge is 2.12. The van der Waals surface area contributed by atoms with Crippen molar-refractivity contribution in [2.45, 2.75) is 20.4 Å². The van der Waals surface area contributed by atoms with Gasteiger partial charge in [-0.05, 0) is 43.7 Å². The summed E-state index contributed by atoms with van der Waals surface area (Å²) in [6, 6.07) is 11.2. The number of anilines is 1. The van der Waals surface area contributed by atoms with Crippen molar-refractivity contribution in [2.75, 3.05) is 25.5 Å². The van der Waals surface area contributed by atoms with Crippen LogP contribution in [0.3, 0.4) is 0 Å². The molecule has 0 saturated carbocycles. The monoisotopic (exact) mass is 407 g/mol. The molecule has 0 aromatic heterocycles. The summed E-state index contributed by atoms with van der Waals surface area (Å²) in [6.45, 7) is 4.38. The zero-order chi connectivity index (χ0) is 20.0. The molecule has 0 radical (unpaired) electrons. The third kappa shape index (κ3) is 6.24. The lowest BCUT2D eigenvalue weighted by Crippen LogP contribution is -2.39. The molecule has 0 fully saturated rings. The molecule has 0 aliphatic rings. The third-order valence-electron chi connectivity index (χ3n) is 4.08. The maximum Gasteiger partial charge on any atom is 0.243 e. The van der Waals surface area contributed by atoms with Crippen LogP contribution in [-0.2, 0) is 16.1 Å². The van der Waals surface area contributed by atoms with Gasteiger partial charge in [-0.2, -0.15) is 0 Å². The highest BCUT2D eigenvalue weighted by Crippen LogP contribution is 2.26. The Morgan fingerprint density at radius 2 is 1.63 bits per heavy atom. The van der Waals surface area contributed by atoms with E-state index in [1.165, 1.54) is 0 Å². The summed E-state index contributed by atoms with van der Waals surface area (Å²) >= 11 is 12.2. The molecular formula is C20H23Cl2N3O2. The number of carbonyl (C=O) groups is 2. The minimum Gasteiger partial charge on any atom is -0.346 e. The average molecular weight is 408 g/mol. The molecule has 2 aromatic carbocycles. The van der Waals surface area contributed by atoms with Crippen molar-refractivity contribution in [1.29, 1.82) is 0 Å². The first-order valence-corrected chi connectivity index (χ1v) is 9.27. The fourth-order valence-corrected chi connectivity index (χ4v) is 3.07. The number of amides is 2. The molecule has 0 saturated heterocycles. The lowest BCUT2D eigenvalue weighted by molar-refractivity contribution is -0.124. The maximum atomic E-state index is 12.1. The van der Waals surface area contributed by atoms with Crippen LogP contribution in [0.4, 0.5) is 5.69 Å². The summed E-state index contributed by atoms with van der Waals surface area (Å²) in [5.41, 5.74) is 3.58. The number of halogens is 2. The standard InChI is InChI=1S/C20H23Cl2N3O2/c1-13-6-4-7-14(2)20(13)24-17(26)10-23-18(27)12-25(3)11-15-8-5-9-16(21)19(15)22/h4-9H,10-12H2,1-3H3,(H,23,27)(H,24,26). The van der Waals surface area contributed by atoms with Crippen LogP contribution in [0.25, 0.3) is 0 Å². The van der Waals surface area contributed by atoms with Crippen molar-refractivity contribution < 1.29 is 9.59 Å². The fourth-order valence-electron chi connectivity index (χ4n) is 2.69. The molecule has 0 bridgehead atoms. The molecule has 27 heavy (non-hydrogen) atoms. The van der Waals surface area contributed by atoms with Crippen LogP contribution < -0.4 is 10.6 Å².